The van der Waals surface area contributed by atoms with Crippen LogP contribution in [0.15, 0.2) is 48.5 Å². The largest absolute Gasteiger partial charge is 0.490 e. The van der Waals surface area contributed by atoms with Gasteiger partial charge in [-0.25, -0.2) is 4.98 Å². The van der Waals surface area contributed by atoms with Gasteiger partial charge in [0.2, 0.25) is 0 Å². The molecule has 88 valence electrons. The molecule has 5 heteroatoms. The third kappa shape index (κ3) is 1.92. The van der Waals surface area contributed by atoms with Gasteiger partial charge < -0.3 is 10.0 Å². The average molecular weight is 255 g/mol. The molecule has 0 aliphatic rings. The number of hydrogen-bond acceptors (Lipinski definition) is 4. The summed E-state index contributed by atoms with van der Waals surface area (Å²) < 4.78 is 0.958. The molecule has 0 saturated carbocycles. The van der Waals surface area contributed by atoms with Crippen molar-refractivity contribution in [2.75, 3.05) is 0 Å². The number of aromatic nitrogens is 1. The summed E-state index contributed by atoms with van der Waals surface area (Å²) in [5.74, 6) is 0. The molecule has 0 atom stereocenters. The Morgan fingerprint density at radius 1 is 0.944 bits per heavy atom. The zero-order valence-electron chi connectivity index (χ0n) is 9.45. The van der Waals surface area contributed by atoms with Crippen molar-refractivity contribution < 1.29 is 10.0 Å². The average Bonchev–Trinajstić information content (AvgIpc) is 2.83. The van der Waals surface area contributed by atoms with E-state index in [0.717, 1.165) is 15.3 Å². The molecule has 1 aromatic heterocycles. The molecule has 0 amide bonds. The van der Waals surface area contributed by atoms with Crippen LogP contribution in [0.4, 0.5) is 0 Å². The first-order valence-corrected chi connectivity index (χ1v) is 6.38. The fourth-order valence-electron chi connectivity index (χ4n) is 1.88. The van der Waals surface area contributed by atoms with Crippen LogP contribution >= 0.6 is 11.3 Å². The normalized spacial score (nSPS) is 10.8. The van der Waals surface area contributed by atoms with Crippen molar-refractivity contribution in [2.24, 2.45) is 0 Å². The van der Waals surface area contributed by atoms with Crippen LogP contribution in [0.25, 0.3) is 20.8 Å². The van der Waals surface area contributed by atoms with E-state index in [-0.39, 0.29) is 0 Å². The zero-order chi connectivity index (χ0) is 12.5. The van der Waals surface area contributed by atoms with Gasteiger partial charge in [-0.05, 0) is 6.07 Å². The van der Waals surface area contributed by atoms with E-state index in [1.807, 2.05) is 42.5 Å². The lowest BCUT2D eigenvalue weighted by Crippen LogP contribution is -2.30. The first-order chi connectivity index (χ1) is 8.75. The van der Waals surface area contributed by atoms with E-state index in [2.05, 4.69) is 4.98 Å². The monoisotopic (exact) mass is 255 g/mol. The highest BCUT2D eigenvalue weighted by atomic mass is 32.1. The SMILES string of the molecule is OB(O)c1cccc2sc(-c3ccccc3)nc12. The van der Waals surface area contributed by atoms with Gasteiger partial charge in [-0.15, -0.1) is 11.3 Å². The zero-order valence-corrected chi connectivity index (χ0v) is 10.3. The van der Waals surface area contributed by atoms with Crippen molar-refractivity contribution in [1.82, 2.24) is 4.98 Å². The fourth-order valence-corrected chi connectivity index (χ4v) is 2.89. The Morgan fingerprint density at radius 3 is 2.44 bits per heavy atom. The number of rotatable bonds is 2. The van der Waals surface area contributed by atoms with Crippen LogP contribution < -0.4 is 5.46 Å². The van der Waals surface area contributed by atoms with Gasteiger partial charge in [-0.2, -0.15) is 0 Å². The Labute approximate surface area is 109 Å². The lowest BCUT2D eigenvalue weighted by molar-refractivity contribution is 0.426. The fraction of sp³-hybridized carbons (Fsp3) is 0. The van der Waals surface area contributed by atoms with E-state index >= 15 is 0 Å². The van der Waals surface area contributed by atoms with Crippen LogP contribution in [0.1, 0.15) is 0 Å². The Bertz CT molecular complexity index is 682. The van der Waals surface area contributed by atoms with Crippen molar-refractivity contribution in [3.05, 3.63) is 48.5 Å². The Hall–Kier alpha value is -1.69. The first-order valence-electron chi connectivity index (χ1n) is 5.57. The van der Waals surface area contributed by atoms with E-state index < -0.39 is 7.12 Å². The van der Waals surface area contributed by atoms with Crippen molar-refractivity contribution in [3.8, 4) is 10.6 Å². The molecule has 0 saturated heterocycles. The van der Waals surface area contributed by atoms with Gasteiger partial charge in [0.15, 0.2) is 0 Å². The molecule has 3 nitrogen and oxygen atoms in total. The van der Waals surface area contributed by atoms with Gasteiger partial charge in [0.1, 0.15) is 5.01 Å². The summed E-state index contributed by atoms with van der Waals surface area (Å²) in [4.78, 5) is 4.50. The third-order valence-electron chi connectivity index (χ3n) is 2.75. The second kappa shape index (κ2) is 4.53. The van der Waals surface area contributed by atoms with Crippen LogP contribution in [0.3, 0.4) is 0 Å². The van der Waals surface area contributed by atoms with Crippen LogP contribution in [-0.2, 0) is 0 Å². The van der Waals surface area contributed by atoms with Crippen molar-refractivity contribution in [2.45, 2.75) is 0 Å². The van der Waals surface area contributed by atoms with Crippen molar-refractivity contribution in [3.63, 3.8) is 0 Å². The summed E-state index contributed by atoms with van der Waals surface area (Å²) in [5, 5.41) is 19.5. The number of hydrogen-bond donors (Lipinski definition) is 2. The number of fused-ring (bicyclic) bond motifs is 1. The summed E-state index contributed by atoms with van der Waals surface area (Å²) >= 11 is 1.55. The molecule has 0 spiro atoms. The summed E-state index contributed by atoms with van der Waals surface area (Å²) in [6.07, 6.45) is 0. The Kier molecular flexibility index (Phi) is 2.87. The van der Waals surface area contributed by atoms with Gasteiger partial charge in [-0.1, -0.05) is 42.5 Å². The molecule has 18 heavy (non-hydrogen) atoms. The van der Waals surface area contributed by atoms with Crippen LogP contribution in [0.2, 0.25) is 0 Å². The lowest BCUT2D eigenvalue weighted by atomic mass is 9.79. The Morgan fingerprint density at radius 2 is 1.72 bits per heavy atom. The second-order valence-corrected chi connectivity index (χ2v) is 4.98. The quantitative estimate of drug-likeness (QED) is 0.684. The maximum atomic E-state index is 9.32. The van der Waals surface area contributed by atoms with Crippen LogP contribution in [0.5, 0.6) is 0 Å². The van der Waals surface area contributed by atoms with E-state index in [0.29, 0.717) is 11.0 Å². The lowest BCUT2D eigenvalue weighted by Gasteiger charge is -1.98. The summed E-state index contributed by atoms with van der Waals surface area (Å²) in [6, 6.07) is 15.3. The third-order valence-corrected chi connectivity index (χ3v) is 3.82. The maximum absolute atomic E-state index is 9.32. The molecule has 0 aliphatic heterocycles. The summed E-state index contributed by atoms with van der Waals surface area (Å²) in [5.41, 5.74) is 2.15. The van der Waals surface area contributed by atoms with Crippen molar-refractivity contribution in [1.29, 1.82) is 0 Å². The maximum Gasteiger partial charge on any atom is 0.490 e. The smallest absolute Gasteiger partial charge is 0.423 e. The second-order valence-electron chi connectivity index (χ2n) is 3.95. The molecule has 0 radical (unpaired) electrons. The molecule has 0 aliphatic carbocycles. The number of thiazole rings is 1. The van der Waals surface area contributed by atoms with E-state index in [9.17, 15) is 10.0 Å². The number of benzene rings is 2. The minimum atomic E-state index is -1.49. The topological polar surface area (TPSA) is 53.4 Å². The predicted octanol–water partition coefficient (Wildman–Crippen LogP) is 1.64. The molecule has 0 unspecified atom stereocenters. The van der Waals surface area contributed by atoms with E-state index in [4.69, 9.17) is 0 Å². The van der Waals surface area contributed by atoms with E-state index in [1.165, 1.54) is 0 Å². The number of para-hydroxylation sites is 1. The van der Waals surface area contributed by atoms with Crippen molar-refractivity contribution >= 4 is 34.1 Å². The van der Waals surface area contributed by atoms with Gasteiger partial charge >= 0.3 is 7.12 Å². The van der Waals surface area contributed by atoms with Gasteiger partial charge in [0, 0.05) is 11.0 Å². The van der Waals surface area contributed by atoms with E-state index in [1.54, 1.807) is 17.4 Å². The van der Waals surface area contributed by atoms with Gasteiger partial charge in [0.25, 0.3) is 0 Å². The Balaban J connectivity index is 2.20. The molecule has 0 fully saturated rings. The molecule has 1 heterocycles. The molecule has 3 rings (SSSR count). The standard InChI is InChI=1S/C13H10BNO2S/c16-14(17)10-7-4-8-11-12(10)15-13(18-11)9-5-2-1-3-6-9/h1-8,16-17H. The van der Waals surface area contributed by atoms with Gasteiger partial charge in [-0.3, -0.25) is 0 Å². The highest BCUT2D eigenvalue weighted by Gasteiger charge is 2.17. The minimum Gasteiger partial charge on any atom is -0.423 e. The minimum absolute atomic E-state index is 0.450. The number of nitrogens with zero attached hydrogens (tertiary/aromatic N) is 1. The van der Waals surface area contributed by atoms with Crippen LogP contribution in [-0.4, -0.2) is 22.2 Å². The molecule has 0 bridgehead atoms. The molecule has 3 aromatic rings. The van der Waals surface area contributed by atoms with Crippen LogP contribution in [0, 0.1) is 0 Å². The highest BCUT2D eigenvalue weighted by molar-refractivity contribution is 7.21. The summed E-state index contributed by atoms with van der Waals surface area (Å²) in [6.45, 7) is 0. The van der Waals surface area contributed by atoms with Gasteiger partial charge in [0.05, 0.1) is 10.2 Å². The predicted molar refractivity (Wildman–Crippen MR) is 74.9 cm³/mol. The molecule has 2 N–H and O–H groups in total. The first kappa shape index (κ1) is 11.4. The molecular weight excluding hydrogens is 245 g/mol. The highest BCUT2D eigenvalue weighted by Crippen LogP contribution is 2.28. The molecule has 2 aromatic carbocycles. The molecular formula is C13H10BNO2S. The summed E-state index contributed by atoms with van der Waals surface area (Å²) in [7, 11) is -1.49.